The van der Waals surface area contributed by atoms with Gasteiger partial charge in [0.2, 0.25) is 5.91 Å². The van der Waals surface area contributed by atoms with Crippen molar-refractivity contribution in [3.05, 3.63) is 29.3 Å². The van der Waals surface area contributed by atoms with Crippen molar-refractivity contribution in [2.45, 2.75) is 0 Å². The first kappa shape index (κ1) is 8.32. The molecule has 0 aromatic carbocycles. The second-order valence-electron chi connectivity index (χ2n) is 2.07. The van der Waals surface area contributed by atoms with E-state index in [0.717, 1.165) is 12.3 Å². The molecule has 0 bridgehead atoms. The number of hydrogen-bond acceptors (Lipinski definition) is 3. The number of carbonyl (C=O) groups excluding carboxylic acids is 2. The van der Waals surface area contributed by atoms with Crippen molar-refractivity contribution >= 4 is 12.2 Å². The first-order valence-electron chi connectivity index (χ1n) is 3.05. The highest BCUT2D eigenvalue weighted by molar-refractivity contribution is 5.92. The van der Waals surface area contributed by atoms with Crippen LogP contribution < -0.4 is 5.73 Å². The summed E-state index contributed by atoms with van der Waals surface area (Å²) in [5, 5.41) is 0. The van der Waals surface area contributed by atoms with Crippen LogP contribution in [0, 0.1) is 5.82 Å². The molecule has 0 aliphatic rings. The molecule has 12 heavy (non-hydrogen) atoms. The molecule has 1 aromatic rings. The van der Waals surface area contributed by atoms with E-state index in [1.54, 1.807) is 0 Å². The van der Waals surface area contributed by atoms with E-state index in [9.17, 15) is 14.0 Å². The molecule has 0 spiro atoms. The summed E-state index contributed by atoms with van der Waals surface area (Å²) in [6.45, 7) is 0. The van der Waals surface area contributed by atoms with E-state index in [-0.39, 0.29) is 17.5 Å². The quantitative estimate of drug-likeness (QED) is 0.638. The van der Waals surface area contributed by atoms with Crippen molar-refractivity contribution in [2.75, 3.05) is 0 Å². The Kier molecular flexibility index (Phi) is 2.14. The maximum Gasteiger partial charge on any atom is 0.250 e. The Hall–Kier alpha value is -1.78. The molecule has 1 amide bonds. The Morgan fingerprint density at radius 3 is 2.75 bits per heavy atom. The van der Waals surface area contributed by atoms with Gasteiger partial charge in [-0.25, -0.2) is 9.37 Å². The van der Waals surface area contributed by atoms with Crippen LogP contribution in [-0.2, 0) is 0 Å². The predicted molar refractivity (Wildman–Crippen MR) is 38.1 cm³/mol. The van der Waals surface area contributed by atoms with Crippen LogP contribution in [-0.4, -0.2) is 17.2 Å². The number of hydrogen-bond donors (Lipinski definition) is 1. The van der Waals surface area contributed by atoms with Crippen LogP contribution in [0.3, 0.4) is 0 Å². The highest BCUT2D eigenvalue weighted by atomic mass is 19.1. The second-order valence-corrected chi connectivity index (χ2v) is 2.07. The first-order valence-corrected chi connectivity index (χ1v) is 3.05. The molecule has 0 radical (unpaired) electrons. The van der Waals surface area contributed by atoms with Gasteiger partial charge in [-0.05, 0) is 6.07 Å². The zero-order valence-corrected chi connectivity index (χ0v) is 5.95. The van der Waals surface area contributed by atoms with Gasteiger partial charge in [-0.1, -0.05) is 0 Å². The molecule has 0 unspecified atom stereocenters. The highest BCUT2D eigenvalue weighted by Gasteiger charge is 2.06. The number of nitrogens with zero attached hydrogens (tertiary/aromatic N) is 1. The molecule has 0 saturated heterocycles. The van der Waals surface area contributed by atoms with Crippen molar-refractivity contribution in [2.24, 2.45) is 5.73 Å². The Morgan fingerprint density at radius 2 is 2.33 bits per heavy atom. The summed E-state index contributed by atoms with van der Waals surface area (Å²) < 4.78 is 12.7. The zero-order chi connectivity index (χ0) is 9.14. The van der Waals surface area contributed by atoms with E-state index in [1.807, 2.05) is 0 Å². The lowest BCUT2D eigenvalue weighted by molar-refractivity contribution is 0.0998. The fourth-order valence-corrected chi connectivity index (χ4v) is 0.670. The van der Waals surface area contributed by atoms with Crippen molar-refractivity contribution in [1.29, 1.82) is 0 Å². The average Bonchev–Trinajstić information content (AvgIpc) is 2.04. The number of carbonyl (C=O) groups is 2. The minimum atomic E-state index is -0.846. The molecule has 0 saturated carbocycles. The molecule has 4 nitrogen and oxygen atoms in total. The Bertz CT molecular complexity index is 338. The van der Waals surface area contributed by atoms with Gasteiger partial charge < -0.3 is 5.73 Å². The Morgan fingerprint density at radius 1 is 1.67 bits per heavy atom. The predicted octanol–water partition coefficient (Wildman–Crippen LogP) is 0.132. The maximum absolute atomic E-state index is 12.7. The molecular formula is C7H5FN2O2. The van der Waals surface area contributed by atoms with Crippen LogP contribution in [0.15, 0.2) is 12.3 Å². The van der Waals surface area contributed by atoms with E-state index in [4.69, 9.17) is 5.73 Å². The van der Waals surface area contributed by atoms with Crippen LogP contribution in [0.2, 0.25) is 0 Å². The number of primary amides is 1. The molecule has 1 heterocycles. The van der Waals surface area contributed by atoms with Crippen LogP contribution in [0.25, 0.3) is 0 Å². The van der Waals surface area contributed by atoms with Crippen molar-refractivity contribution < 1.29 is 14.0 Å². The van der Waals surface area contributed by atoms with Gasteiger partial charge >= 0.3 is 0 Å². The number of halogens is 1. The normalized spacial score (nSPS) is 9.42. The molecular weight excluding hydrogens is 163 g/mol. The fraction of sp³-hybridized carbons (Fsp3) is 0. The van der Waals surface area contributed by atoms with Gasteiger partial charge in [0.05, 0.1) is 5.56 Å². The van der Waals surface area contributed by atoms with Crippen molar-refractivity contribution in [3.63, 3.8) is 0 Å². The first-order chi connectivity index (χ1) is 5.65. The Balaban J connectivity index is 3.18. The van der Waals surface area contributed by atoms with E-state index in [2.05, 4.69) is 4.98 Å². The molecule has 1 aromatic heterocycles. The molecule has 62 valence electrons. The lowest BCUT2D eigenvalue weighted by atomic mass is 10.2. The number of aldehydes is 1. The molecule has 5 heteroatoms. The van der Waals surface area contributed by atoms with Crippen molar-refractivity contribution in [1.82, 2.24) is 4.98 Å². The number of amides is 1. The van der Waals surface area contributed by atoms with E-state index >= 15 is 0 Å². The minimum absolute atomic E-state index is 0.0573. The monoisotopic (exact) mass is 168 g/mol. The van der Waals surface area contributed by atoms with Gasteiger partial charge in [0.1, 0.15) is 5.69 Å². The van der Waals surface area contributed by atoms with Gasteiger partial charge in [-0.2, -0.15) is 0 Å². The molecule has 0 atom stereocenters. The summed E-state index contributed by atoms with van der Waals surface area (Å²) in [7, 11) is 0. The Labute approximate surface area is 67.2 Å². The van der Waals surface area contributed by atoms with E-state index < -0.39 is 11.7 Å². The van der Waals surface area contributed by atoms with Gasteiger partial charge in [0, 0.05) is 6.20 Å². The molecule has 0 aliphatic heterocycles. The molecule has 1 rings (SSSR count). The van der Waals surface area contributed by atoms with Crippen molar-refractivity contribution in [3.8, 4) is 0 Å². The topological polar surface area (TPSA) is 73.1 Å². The largest absolute Gasteiger partial charge is 0.366 e. The lowest BCUT2D eigenvalue weighted by Crippen LogP contribution is -2.12. The van der Waals surface area contributed by atoms with Gasteiger partial charge in [-0.15, -0.1) is 0 Å². The van der Waals surface area contributed by atoms with Gasteiger partial charge in [0.25, 0.3) is 0 Å². The number of nitrogens with two attached hydrogens (primary N) is 1. The molecule has 0 fully saturated rings. The standard InChI is InChI=1S/C7H5FN2O2/c8-5-1-4(7(9)12)2-10-6(5)3-11/h1-3H,(H2,9,12). The summed E-state index contributed by atoms with van der Waals surface area (Å²) in [5.74, 6) is -1.62. The fourth-order valence-electron chi connectivity index (χ4n) is 0.670. The summed E-state index contributed by atoms with van der Waals surface area (Å²) in [4.78, 5) is 23.9. The van der Waals surface area contributed by atoms with Crippen LogP contribution in [0.4, 0.5) is 4.39 Å². The second kappa shape index (κ2) is 3.08. The summed E-state index contributed by atoms with van der Waals surface area (Å²) >= 11 is 0. The lowest BCUT2D eigenvalue weighted by Gasteiger charge is -1.95. The van der Waals surface area contributed by atoms with Crippen LogP contribution in [0.5, 0.6) is 0 Å². The molecule has 0 aliphatic carbocycles. The number of pyridine rings is 1. The van der Waals surface area contributed by atoms with Gasteiger partial charge in [-0.3, -0.25) is 9.59 Å². The third-order valence-corrected chi connectivity index (χ3v) is 1.27. The van der Waals surface area contributed by atoms with E-state index in [0.29, 0.717) is 0 Å². The average molecular weight is 168 g/mol. The third kappa shape index (κ3) is 1.45. The number of aromatic nitrogens is 1. The zero-order valence-electron chi connectivity index (χ0n) is 5.95. The number of rotatable bonds is 2. The van der Waals surface area contributed by atoms with E-state index in [1.165, 1.54) is 0 Å². The van der Waals surface area contributed by atoms with Gasteiger partial charge in [0.15, 0.2) is 12.1 Å². The third-order valence-electron chi connectivity index (χ3n) is 1.27. The minimum Gasteiger partial charge on any atom is -0.366 e. The molecule has 2 N–H and O–H groups in total. The summed E-state index contributed by atoms with van der Waals surface area (Å²) in [6.07, 6.45) is 1.31. The highest BCUT2D eigenvalue weighted by Crippen LogP contribution is 2.03. The summed E-state index contributed by atoms with van der Waals surface area (Å²) in [5.41, 5.74) is 4.45. The maximum atomic E-state index is 12.7. The van der Waals surface area contributed by atoms with Crippen LogP contribution in [0.1, 0.15) is 20.8 Å². The van der Waals surface area contributed by atoms with Crippen LogP contribution >= 0.6 is 0 Å². The summed E-state index contributed by atoms with van der Waals surface area (Å²) in [6, 6.07) is 0.874. The SMILES string of the molecule is NC(=O)c1cnc(C=O)c(F)c1. The smallest absolute Gasteiger partial charge is 0.250 e.